The lowest BCUT2D eigenvalue weighted by Crippen LogP contribution is -2.20. The highest BCUT2D eigenvalue weighted by molar-refractivity contribution is 7.99. The number of aryl methyl sites for hydroxylation is 1. The lowest BCUT2D eigenvalue weighted by atomic mass is 10.2. The molecule has 0 aliphatic carbocycles. The van der Waals surface area contributed by atoms with Crippen LogP contribution in [0.4, 0.5) is 0 Å². The van der Waals surface area contributed by atoms with E-state index in [1.54, 1.807) is 30.6 Å². The van der Waals surface area contributed by atoms with Gasteiger partial charge < -0.3 is 9.84 Å². The van der Waals surface area contributed by atoms with E-state index >= 15 is 0 Å². The molecular formula is C24H22N6O3S. The molecule has 2 aromatic heterocycles. The number of benzene rings is 2. The number of methoxy groups -OCH3 is 1. The maximum atomic E-state index is 12.4. The molecule has 0 atom stereocenters. The van der Waals surface area contributed by atoms with Crippen molar-refractivity contribution in [1.29, 1.82) is 0 Å². The predicted molar refractivity (Wildman–Crippen MR) is 130 cm³/mol. The molecule has 0 saturated carbocycles. The summed E-state index contributed by atoms with van der Waals surface area (Å²) in [5.41, 5.74) is 5.77. The monoisotopic (exact) mass is 474 g/mol. The summed E-state index contributed by atoms with van der Waals surface area (Å²) >= 11 is 1.24. The Morgan fingerprint density at radius 2 is 1.91 bits per heavy atom. The average Bonchev–Trinajstić information content (AvgIpc) is 3.29. The van der Waals surface area contributed by atoms with Gasteiger partial charge in [-0.15, -0.1) is 10.2 Å². The minimum Gasteiger partial charge on any atom is -0.504 e. The molecule has 2 aromatic carbocycles. The second-order valence-electron chi connectivity index (χ2n) is 7.19. The molecule has 4 rings (SSSR count). The lowest BCUT2D eigenvalue weighted by molar-refractivity contribution is -0.118. The second kappa shape index (κ2) is 10.6. The number of thioether (sulfide) groups is 1. The Labute approximate surface area is 200 Å². The summed E-state index contributed by atoms with van der Waals surface area (Å²) in [4.78, 5) is 16.5. The van der Waals surface area contributed by atoms with E-state index in [2.05, 4.69) is 25.7 Å². The van der Waals surface area contributed by atoms with Gasteiger partial charge in [0.05, 0.1) is 19.1 Å². The number of carbonyl (C=O) groups excluding carboxylic acids is 1. The lowest BCUT2D eigenvalue weighted by Gasteiger charge is -2.10. The van der Waals surface area contributed by atoms with Crippen LogP contribution in [0.5, 0.6) is 11.5 Å². The number of phenols is 1. The molecule has 1 amide bonds. The minimum absolute atomic E-state index is 0.0489. The highest BCUT2D eigenvalue weighted by Gasteiger charge is 2.17. The summed E-state index contributed by atoms with van der Waals surface area (Å²) in [7, 11) is 1.46. The molecule has 0 aliphatic rings. The number of aromatic hydroxyl groups is 1. The van der Waals surface area contributed by atoms with Crippen molar-refractivity contribution in [1.82, 2.24) is 25.2 Å². The molecule has 2 heterocycles. The zero-order chi connectivity index (χ0) is 23.9. The van der Waals surface area contributed by atoms with E-state index < -0.39 is 0 Å². The SMILES string of the molecule is COc1cccc(C=NNC(=O)CSc2nnc(-c3ccncc3)n2-c2ccc(C)cc2)c1O. The van der Waals surface area contributed by atoms with Crippen molar-refractivity contribution < 1.29 is 14.6 Å². The second-order valence-corrected chi connectivity index (χ2v) is 8.14. The minimum atomic E-state index is -0.326. The van der Waals surface area contributed by atoms with Crippen LogP contribution in [0.2, 0.25) is 0 Å². The third-order valence-electron chi connectivity index (χ3n) is 4.84. The van der Waals surface area contributed by atoms with Crippen molar-refractivity contribution in [2.75, 3.05) is 12.9 Å². The van der Waals surface area contributed by atoms with Crippen LogP contribution in [0.15, 0.2) is 77.2 Å². The standard InChI is InChI=1S/C24H22N6O3S/c1-16-6-8-19(9-7-16)30-23(17-10-12-25-13-11-17)28-29-24(30)34-15-21(31)27-26-14-18-4-3-5-20(33-2)22(18)32/h3-14,32H,15H2,1-2H3,(H,27,31). The number of aromatic nitrogens is 4. The van der Waals surface area contributed by atoms with Gasteiger partial charge in [-0.2, -0.15) is 5.10 Å². The third-order valence-corrected chi connectivity index (χ3v) is 5.77. The van der Waals surface area contributed by atoms with Gasteiger partial charge in [-0.3, -0.25) is 14.3 Å². The first-order valence-electron chi connectivity index (χ1n) is 10.3. The number of amides is 1. The van der Waals surface area contributed by atoms with Gasteiger partial charge in [0.25, 0.3) is 5.91 Å². The molecule has 9 nitrogen and oxygen atoms in total. The molecule has 0 fully saturated rings. The Bertz CT molecular complexity index is 1310. The molecule has 172 valence electrons. The van der Waals surface area contributed by atoms with E-state index in [0.29, 0.717) is 22.3 Å². The number of pyridine rings is 1. The van der Waals surface area contributed by atoms with Gasteiger partial charge in [0.2, 0.25) is 0 Å². The van der Waals surface area contributed by atoms with E-state index in [4.69, 9.17) is 4.74 Å². The largest absolute Gasteiger partial charge is 0.504 e. The third kappa shape index (κ3) is 5.24. The number of nitrogens with zero attached hydrogens (tertiary/aromatic N) is 5. The van der Waals surface area contributed by atoms with Gasteiger partial charge >= 0.3 is 0 Å². The molecule has 0 radical (unpaired) electrons. The van der Waals surface area contributed by atoms with Crippen LogP contribution in [-0.4, -0.2) is 49.8 Å². The van der Waals surface area contributed by atoms with Crippen LogP contribution in [0.3, 0.4) is 0 Å². The van der Waals surface area contributed by atoms with Gasteiger partial charge in [-0.25, -0.2) is 5.43 Å². The number of nitrogens with one attached hydrogen (secondary N) is 1. The van der Waals surface area contributed by atoms with Crippen molar-refractivity contribution in [3.63, 3.8) is 0 Å². The summed E-state index contributed by atoms with van der Waals surface area (Å²) in [6.45, 7) is 2.02. The molecule has 34 heavy (non-hydrogen) atoms. The van der Waals surface area contributed by atoms with Crippen LogP contribution >= 0.6 is 11.8 Å². The van der Waals surface area contributed by atoms with Gasteiger partial charge in [-0.1, -0.05) is 35.5 Å². The van der Waals surface area contributed by atoms with Crippen LogP contribution < -0.4 is 10.2 Å². The molecule has 0 unspecified atom stereocenters. The topological polar surface area (TPSA) is 115 Å². The van der Waals surface area contributed by atoms with E-state index in [9.17, 15) is 9.90 Å². The molecule has 2 N–H and O–H groups in total. The number of rotatable bonds is 8. The number of para-hydroxylation sites is 1. The first-order chi connectivity index (χ1) is 16.6. The summed E-state index contributed by atoms with van der Waals surface area (Å²) in [6, 6.07) is 16.7. The zero-order valence-corrected chi connectivity index (χ0v) is 19.4. The fourth-order valence-electron chi connectivity index (χ4n) is 3.12. The van der Waals surface area contributed by atoms with Crippen LogP contribution in [0, 0.1) is 6.92 Å². The molecular weight excluding hydrogens is 452 g/mol. The Balaban J connectivity index is 1.49. The van der Waals surface area contributed by atoms with E-state index in [1.165, 1.54) is 25.1 Å². The van der Waals surface area contributed by atoms with Crippen molar-refractivity contribution in [3.05, 3.63) is 78.1 Å². The van der Waals surface area contributed by atoms with E-state index in [1.807, 2.05) is 47.9 Å². The quantitative estimate of drug-likeness (QED) is 0.228. The first kappa shape index (κ1) is 23.0. The fraction of sp³-hybridized carbons (Fsp3) is 0.125. The summed E-state index contributed by atoms with van der Waals surface area (Å²) < 4.78 is 6.97. The highest BCUT2D eigenvalue weighted by atomic mass is 32.2. The number of carbonyl (C=O) groups is 1. The van der Waals surface area contributed by atoms with Crippen molar-refractivity contribution >= 4 is 23.9 Å². The molecule has 0 bridgehead atoms. The fourth-order valence-corrected chi connectivity index (χ4v) is 3.87. The Morgan fingerprint density at radius 1 is 1.15 bits per heavy atom. The Morgan fingerprint density at radius 3 is 2.65 bits per heavy atom. The van der Waals surface area contributed by atoms with Gasteiger partial charge in [0.1, 0.15) is 0 Å². The molecule has 0 saturated heterocycles. The maximum Gasteiger partial charge on any atom is 0.250 e. The normalized spacial score (nSPS) is 11.0. The maximum absolute atomic E-state index is 12.4. The van der Waals surface area contributed by atoms with Gasteiger partial charge in [0, 0.05) is 29.2 Å². The van der Waals surface area contributed by atoms with Crippen molar-refractivity contribution in [3.8, 4) is 28.6 Å². The van der Waals surface area contributed by atoms with Gasteiger partial charge in [-0.05, 0) is 43.3 Å². The number of ether oxygens (including phenoxy) is 1. The molecule has 4 aromatic rings. The number of phenolic OH excluding ortho intramolecular Hbond substituents is 1. The first-order valence-corrected chi connectivity index (χ1v) is 11.3. The van der Waals surface area contributed by atoms with E-state index in [-0.39, 0.29) is 17.4 Å². The zero-order valence-electron chi connectivity index (χ0n) is 18.5. The average molecular weight is 475 g/mol. The van der Waals surface area contributed by atoms with E-state index in [0.717, 1.165) is 16.8 Å². The Kier molecular flexibility index (Phi) is 7.19. The van der Waals surface area contributed by atoms with Crippen LogP contribution in [-0.2, 0) is 4.79 Å². The number of hydrogen-bond acceptors (Lipinski definition) is 8. The smallest absolute Gasteiger partial charge is 0.250 e. The molecule has 0 aliphatic heterocycles. The number of hydrogen-bond donors (Lipinski definition) is 2. The summed E-state index contributed by atoms with van der Waals surface area (Å²) in [5.74, 6) is 0.675. The van der Waals surface area contributed by atoms with Gasteiger partial charge in [0.15, 0.2) is 22.5 Å². The summed E-state index contributed by atoms with van der Waals surface area (Å²) in [6.07, 6.45) is 4.75. The van der Waals surface area contributed by atoms with Crippen molar-refractivity contribution in [2.24, 2.45) is 5.10 Å². The highest BCUT2D eigenvalue weighted by Crippen LogP contribution is 2.29. The molecule has 0 spiro atoms. The Hall–Kier alpha value is -4.18. The molecule has 10 heteroatoms. The van der Waals surface area contributed by atoms with Crippen molar-refractivity contribution in [2.45, 2.75) is 12.1 Å². The predicted octanol–water partition coefficient (Wildman–Crippen LogP) is 3.59. The summed E-state index contributed by atoms with van der Waals surface area (Å²) in [5, 5.41) is 23.3. The number of hydrazone groups is 1. The van der Waals surface area contributed by atoms with Crippen LogP contribution in [0.25, 0.3) is 17.1 Å². The van der Waals surface area contributed by atoms with Crippen LogP contribution in [0.1, 0.15) is 11.1 Å².